The molecule has 21 heavy (non-hydrogen) atoms. The fourth-order valence-corrected chi connectivity index (χ4v) is 3.27. The molecule has 1 aromatic rings. The molecule has 0 aromatic heterocycles. The maximum Gasteiger partial charge on any atom is 0.124 e. The number of nitrogens with one attached hydrogen (secondary N) is 1. The number of hydrogen-bond donors (Lipinski definition) is 1. The van der Waals surface area contributed by atoms with Crippen LogP contribution in [-0.4, -0.2) is 30.1 Å². The van der Waals surface area contributed by atoms with Crippen molar-refractivity contribution in [2.45, 2.75) is 52.7 Å². The first kappa shape index (κ1) is 16.9. The number of benzene rings is 1. The minimum Gasteiger partial charge on any atom is -0.312 e. The summed E-state index contributed by atoms with van der Waals surface area (Å²) in [6.45, 7) is 12.1. The van der Waals surface area contributed by atoms with Gasteiger partial charge in [-0.25, -0.2) is 4.39 Å². The van der Waals surface area contributed by atoms with Gasteiger partial charge in [0, 0.05) is 29.6 Å². The van der Waals surface area contributed by atoms with Crippen LogP contribution in [0.15, 0.2) is 22.7 Å². The Labute approximate surface area is 136 Å². The fourth-order valence-electron chi connectivity index (χ4n) is 2.80. The first-order valence-electron chi connectivity index (χ1n) is 7.68. The standard InChI is InChI=1S/C17H26BrFN2/c1-12-7-8-20-16(17(2,3)4)11-21(12)10-13-5-6-14(19)9-15(13)18/h5-6,9,12,16,20H,7-8,10-11H2,1-4H3. The molecule has 0 spiro atoms. The van der Waals surface area contributed by atoms with Crippen molar-refractivity contribution in [3.8, 4) is 0 Å². The maximum atomic E-state index is 13.2. The minimum atomic E-state index is -0.191. The van der Waals surface area contributed by atoms with E-state index in [0.717, 1.165) is 36.1 Å². The molecule has 1 N–H and O–H groups in total. The van der Waals surface area contributed by atoms with E-state index < -0.39 is 0 Å². The van der Waals surface area contributed by atoms with Gasteiger partial charge in [0.05, 0.1) is 0 Å². The van der Waals surface area contributed by atoms with E-state index in [1.165, 1.54) is 0 Å². The van der Waals surface area contributed by atoms with Crippen LogP contribution in [-0.2, 0) is 6.54 Å². The first-order valence-corrected chi connectivity index (χ1v) is 8.48. The van der Waals surface area contributed by atoms with Gasteiger partial charge >= 0.3 is 0 Å². The molecule has 1 saturated heterocycles. The molecular formula is C17H26BrFN2. The molecule has 0 aliphatic carbocycles. The van der Waals surface area contributed by atoms with Crippen molar-refractivity contribution in [3.63, 3.8) is 0 Å². The highest BCUT2D eigenvalue weighted by Gasteiger charge is 2.30. The normalized spacial score (nSPS) is 24.9. The highest BCUT2D eigenvalue weighted by molar-refractivity contribution is 9.10. The van der Waals surface area contributed by atoms with Gasteiger partial charge in [-0.3, -0.25) is 4.90 Å². The average molecular weight is 357 g/mol. The highest BCUT2D eigenvalue weighted by atomic mass is 79.9. The number of hydrogen-bond acceptors (Lipinski definition) is 2. The van der Waals surface area contributed by atoms with Gasteiger partial charge in [-0.1, -0.05) is 42.8 Å². The lowest BCUT2D eigenvalue weighted by molar-refractivity contribution is 0.157. The predicted octanol–water partition coefficient (Wildman–Crippen LogP) is 4.19. The lowest BCUT2D eigenvalue weighted by Gasteiger charge is -2.35. The Morgan fingerprint density at radius 2 is 2.10 bits per heavy atom. The number of nitrogens with zero attached hydrogens (tertiary/aromatic N) is 1. The largest absolute Gasteiger partial charge is 0.312 e. The molecular weight excluding hydrogens is 331 g/mol. The summed E-state index contributed by atoms with van der Waals surface area (Å²) in [5.41, 5.74) is 1.39. The van der Waals surface area contributed by atoms with E-state index in [2.05, 4.69) is 53.8 Å². The molecule has 0 bridgehead atoms. The fraction of sp³-hybridized carbons (Fsp3) is 0.647. The van der Waals surface area contributed by atoms with Gasteiger partial charge in [-0.05, 0) is 43.0 Å². The van der Waals surface area contributed by atoms with Gasteiger partial charge in [-0.15, -0.1) is 0 Å². The summed E-state index contributed by atoms with van der Waals surface area (Å²) in [5.74, 6) is -0.191. The second-order valence-electron chi connectivity index (χ2n) is 7.18. The average Bonchev–Trinajstić information content (AvgIpc) is 2.55. The van der Waals surface area contributed by atoms with Crippen molar-refractivity contribution in [2.75, 3.05) is 13.1 Å². The molecule has 1 aliphatic rings. The zero-order valence-electron chi connectivity index (χ0n) is 13.4. The monoisotopic (exact) mass is 356 g/mol. The van der Waals surface area contributed by atoms with E-state index >= 15 is 0 Å². The van der Waals surface area contributed by atoms with Gasteiger partial charge in [0.25, 0.3) is 0 Å². The lowest BCUT2D eigenvalue weighted by atomic mass is 9.86. The molecule has 2 rings (SSSR count). The van der Waals surface area contributed by atoms with Crippen LogP contribution in [0.3, 0.4) is 0 Å². The van der Waals surface area contributed by atoms with E-state index in [-0.39, 0.29) is 11.2 Å². The smallest absolute Gasteiger partial charge is 0.124 e. The van der Waals surface area contributed by atoms with Crippen molar-refractivity contribution in [3.05, 3.63) is 34.1 Å². The molecule has 1 heterocycles. The van der Waals surface area contributed by atoms with E-state index in [0.29, 0.717) is 12.1 Å². The molecule has 2 unspecified atom stereocenters. The second kappa shape index (κ2) is 6.76. The van der Waals surface area contributed by atoms with Crippen LogP contribution in [0.4, 0.5) is 4.39 Å². The van der Waals surface area contributed by atoms with Crippen LogP contribution in [0.5, 0.6) is 0 Å². The molecule has 0 amide bonds. The first-order chi connectivity index (χ1) is 9.77. The zero-order chi connectivity index (χ0) is 15.6. The second-order valence-corrected chi connectivity index (χ2v) is 8.03. The predicted molar refractivity (Wildman–Crippen MR) is 89.8 cm³/mol. The quantitative estimate of drug-likeness (QED) is 0.854. The summed E-state index contributed by atoms with van der Waals surface area (Å²) in [6, 6.07) is 5.99. The van der Waals surface area contributed by atoms with Gasteiger partial charge in [0.15, 0.2) is 0 Å². The van der Waals surface area contributed by atoms with Crippen molar-refractivity contribution >= 4 is 15.9 Å². The van der Waals surface area contributed by atoms with Gasteiger partial charge in [0.1, 0.15) is 5.82 Å². The molecule has 1 aliphatic heterocycles. The Morgan fingerprint density at radius 1 is 1.38 bits per heavy atom. The molecule has 118 valence electrons. The van der Waals surface area contributed by atoms with E-state index in [1.54, 1.807) is 12.1 Å². The third-order valence-corrected chi connectivity index (χ3v) is 5.17. The summed E-state index contributed by atoms with van der Waals surface area (Å²) >= 11 is 3.49. The lowest BCUT2D eigenvalue weighted by Crippen LogP contribution is -2.47. The van der Waals surface area contributed by atoms with Crippen LogP contribution in [0.25, 0.3) is 0 Å². The molecule has 1 fully saturated rings. The van der Waals surface area contributed by atoms with Crippen LogP contribution < -0.4 is 5.32 Å². The highest BCUT2D eigenvalue weighted by Crippen LogP contribution is 2.26. The van der Waals surface area contributed by atoms with Crippen LogP contribution in [0, 0.1) is 11.2 Å². The minimum absolute atomic E-state index is 0.191. The zero-order valence-corrected chi connectivity index (χ0v) is 15.0. The van der Waals surface area contributed by atoms with Crippen molar-refractivity contribution in [1.82, 2.24) is 10.2 Å². The Hall–Kier alpha value is -0.450. The Kier molecular flexibility index (Phi) is 5.44. The Morgan fingerprint density at radius 3 is 2.71 bits per heavy atom. The summed E-state index contributed by atoms with van der Waals surface area (Å²) in [7, 11) is 0. The van der Waals surface area contributed by atoms with Crippen LogP contribution >= 0.6 is 15.9 Å². The van der Waals surface area contributed by atoms with Crippen LogP contribution in [0.2, 0.25) is 0 Å². The topological polar surface area (TPSA) is 15.3 Å². The Bertz CT molecular complexity index is 484. The van der Waals surface area contributed by atoms with Crippen LogP contribution in [0.1, 0.15) is 39.7 Å². The summed E-state index contributed by atoms with van der Waals surface area (Å²) in [5, 5.41) is 3.68. The molecule has 0 saturated carbocycles. The van der Waals surface area contributed by atoms with Crippen molar-refractivity contribution in [2.24, 2.45) is 5.41 Å². The summed E-state index contributed by atoms with van der Waals surface area (Å²) in [6.07, 6.45) is 1.14. The van der Waals surface area contributed by atoms with E-state index in [9.17, 15) is 4.39 Å². The summed E-state index contributed by atoms with van der Waals surface area (Å²) in [4.78, 5) is 2.51. The maximum absolute atomic E-state index is 13.2. The molecule has 0 radical (unpaired) electrons. The van der Waals surface area contributed by atoms with E-state index in [4.69, 9.17) is 0 Å². The third kappa shape index (κ3) is 4.51. The van der Waals surface area contributed by atoms with Crippen molar-refractivity contribution < 1.29 is 4.39 Å². The number of halogens is 2. The SMILES string of the molecule is CC1CCNC(C(C)(C)C)CN1Cc1ccc(F)cc1Br. The summed E-state index contributed by atoms with van der Waals surface area (Å²) < 4.78 is 14.1. The molecule has 2 atom stereocenters. The molecule has 4 heteroatoms. The Balaban J connectivity index is 2.15. The van der Waals surface area contributed by atoms with E-state index in [1.807, 2.05) is 6.07 Å². The third-order valence-electron chi connectivity index (χ3n) is 4.43. The van der Waals surface area contributed by atoms with Crippen molar-refractivity contribution in [1.29, 1.82) is 0 Å². The van der Waals surface area contributed by atoms with Gasteiger partial charge in [-0.2, -0.15) is 0 Å². The number of rotatable bonds is 2. The van der Waals surface area contributed by atoms with Gasteiger partial charge in [0.2, 0.25) is 0 Å². The molecule has 1 aromatic carbocycles. The molecule has 2 nitrogen and oxygen atoms in total. The van der Waals surface area contributed by atoms with Gasteiger partial charge < -0.3 is 5.32 Å².